The first-order valence-electron chi connectivity index (χ1n) is 4.19. The van der Waals surface area contributed by atoms with E-state index in [0.717, 1.165) is 5.69 Å². The number of hydrogen-bond acceptors (Lipinski definition) is 2. The second-order valence-corrected chi connectivity index (χ2v) is 3.01. The molecule has 1 amide bonds. The molecule has 0 bridgehead atoms. The maximum absolute atomic E-state index is 11.2. The number of likely N-dealkylation sites (N-methyl/N-ethyl adjacent to an activating group) is 1. The van der Waals surface area contributed by atoms with Crippen LogP contribution < -0.4 is 5.32 Å². The molecule has 1 rings (SSSR count). The lowest BCUT2D eigenvalue weighted by Crippen LogP contribution is -2.28. The van der Waals surface area contributed by atoms with E-state index in [-0.39, 0.29) is 5.91 Å². The van der Waals surface area contributed by atoms with E-state index in [4.69, 9.17) is 0 Å². The number of carbonyl (C=O) groups is 1. The van der Waals surface area contributed by atoms with Crippen molar-refractivity contribution in [2.75, 3.05) is 26.0 Å². The predicted molar refractivity (Wildman–Crippen MR) is 53.6 cm³/mol. The smallest absolute Gasteiger partial charge is 0.241 e. The SMILES string of the molecule is CN(C)C(=O)CNc1ccccc1. The van der Waals surface area contributed by atoms with Gasteiger partial charge < -0.3 is 10.2 Å². The van der Waals surface area contributed by atoms with Crippen LogP contribution >= 0.6 is 0 Å². The molecule has 0 radical (unpaired) electrons. The van der Waals surface area contributed by atoms with Gasteiger partial charge in [0.15, 0.2) is 0 Å². The Kier molecular flexibility index (Phi) is 3.31. The molecule has 0 aliphatic rings. The van der Waals surface area contributed by atoms with Gasteiger partial charge in [-0.2, -0.15) is 0 Å². The van der Waals surface area contributed by atoms with E-state index in [0.29, 0.717) is 6.54 Å². The summed E-state index contributed by atoms with van der Waals surface area (Å²) in [6.45, 7) is 0.344. The van der Waals surface area contributed by atoms with Gasteiger partial charge in [-0.05, 0) is 12.1 Å². The van der Waals surface area contributed by atoms with Crippen LogP contribution in [0.15, 0.2) is 30.3 Å². The fourth-order valence-electron chi connectivity index (χ4n) is 0.892. The van der Waals surface area contributed by atoms with Crippen LogP contribution in [0.25, 0.3) is 0 Å². The molecule has 70 valence electrons. The fourth-order valence-corrected chi connectivity index (χ4v) is 0.892. The number of benzene rings is 1. The Hall–Kier alpha value is -1.51. The highest BCUT2D eigenvalue weighted by Gasteiger charge is 2.01. The highest BCUT2D eigenvalue weighted by Crippen LogP contribution is 2.03. The standard InChI is InChI=1S/C10H14N2O/c1-12(2)10(13)8-11-9-6-4-3-5-7-9/h3-7,11H,8H2,1-2H3. The molecule has 0 aromatic heterocycles. The summed E-state index contributed by atoms with van der Waals surface area (Å²) in [6, 6.07) is 9.68. The quantitative estimate of drug-likeness (QED) is 0.754. The van der Waals surface area contributed by atoms with Crippen molar-refractivity contribution in [1.82, 2.24) is 4.90 Å². The molecule has 0 saturated carbocycles. The zero-order valence-corrected chi connectivity index (χ0v) is 7.95. The van der Waals surface area contributed by atoms with Gasteiger partial charge in [0.05, 0.1) is 6.54 Å². The van der Waals surface area contributed by atoms with Crippen molar-refractivity contribution < 1.29 is 4.79 Å². The van der Waals surface area contributed by atoms with Gasteiger partial charge in [0.2, 0.25) is 5.91 Å². The van der Waals surface area contributed by atoms with Crippen LogP contribution in [0.2, 0.25) is 0 Å². The van der Waals surface area contributed by atoms with E-state index >= 15 is 0 Å². The maximum atomic E-state index is 11.2. The summed E-state index contributed by atoms with van der Waals surface area (Å²) in [6.07, 6.45) is 0. The molecule has 0 saturated heterocycles. The molecule has 3 heteroatoms. The summed E-state index contributed by atoms with van der Waals surface area (Å²) >= 11 is 0. The summed E-state index contributed by atoms with van der Waals surface area (Å²) in [5.74, 6) is 0.0730. The first-order valence-corrected chi connectivity index (χ1v) is 4.19. The van der Waals surface area contributed by atoms with Gasteiger partial charge in [-0.3, -0.25) is 4.79 Å². The zero-order chi connectivity index (χ0) is 9.68. The third-order valence-electron chi connectivity index (χ3n) is 1.72. The number of carbonyl (C=O) groups excluding carboxylic acids is 1. The summed E-state index contributed by atoms with van der Waals surface area (Å²) in [4.78, 5) is 12.7. The Morgan fingerprint density at radius 1 is 1.31 bits per heavy atom. The van der Waals surface area contributed by atoms with Crippen LogP contribution in [0.1, 0.15) is 0 Å². The molecule has 1 aromatic rings. The van der Waals surface area contributed by atoms with Crippen LogP contribution in [0.5, 0.6) is 0 Å². The van der Waals surface area contributed by atoms with Gasteiger partial charge in [0, 0.05) is 19.8 Å². The number of hydrogen-bond donors (Lipinski definition) is 1. The van der Waals surface area contributed by atoms with Crippen molar-refractivity contribution in [2.24, 2.45) is 0 Å². The highest BCUT2D eigenvalue weighted by atomic mass is 16.2. The Balaban J connectivity index is 2.40. The first kappa shape index (κ1) is 9.58. The van der Waals surface area contributed by atoms with Crippen molar-refractivity contribution in [2.45, 2.75) is 0 Å². The van der Waals surface area contributed by atoms with Gasteiger partial charge >= 0.3 is 0 Å². The van der Waals surface area contributed by atoms with Crippen molar-refractivity contribution in [1.29, 1.82) is 0 Å². The molecule has 0 aliphatic carbocycles. The molecule has 0 unspecified atom stereocenters. The molecule has 0 spiro atoms. The average Bonchev–Trinajstić information content (AvgIpc) is 2.15. The summed E-state index contributed by atoms with van der Waals surface area (Å²) in [5, 5.41) is 3.03. The molecule has 0 atom stereocenters. The minimum Gasteiger partial charge on any atom is -0.376 e. The lowest BCUT2D eigenvalue weighted by Gasteiger charge is -2.11. The average molecular weight is 178 g/mol. The number of para-hydroxylation sites is 1. The van der Waals surface area contributed by atoms with Crippen LogP contribution in [-0.2, 0) is 4.79 Å². The first-order chi connectivity index (χ1) is 6.20. The zero-order valence-electron chi connectivity index (χ0n) is 7.95. The van der Waals surface area contributed by atoms with Crippen molar-refractivity contribution in [3.63, 3.8) is 0 Å². The Morgan fingerprint density at radius 2 is 1.92 bits per heavy atom. The predicted octanol–water partition coefficient (Wildman–Crippen LogP) is 1.19. The van der Waals surface area contributed by atoms with E-state index < -0.39 is 0 Å². The van der Waals surface area contributed by atoms with Gasteiger partial charge in [-0.15, -0.1) is 0 Å². The number of nitrogens with zero attached hydrogens (tertiary/aromatic N) is 1. The molecular formula is C10H14N2O. The molecule has 3 nitrogen and oxygen atoms in total. The molecular weight excluding hydrogens is 164 g/mol. The summed E-state index contributed by atoms with van der Waals surface area (Å²) in [7, 11) is 3.49. The molecule has 0 fully saturated rings. The van der Waals surface area contributed by atoms with E-state index in [1.165, 1.54) is 0 Å². The van der Waals surface area contributed by atoms with Gasteiger partial charge in [-0.1, -0.05) is 18.2 Å². The fraction of sp³-hybridized carbons (Fsp3) is 0.300. The molecule has 1 N–H and O–H groups in total. The highest BCUT2D eigenvalue weighted by molar-refractivity contribution is 5.80. The lowest BCUT2D eigenvalue weighted by molar-refractivity contribution is -0.126. The van der Waals surface area contributed by atoms with E-state index in [1.807, 2.05) is 30.3 Å². The summed E-state index contributed by atoms with van der Waals surface area (Å²) < 4.78 is 0. The topological polar surface area (TPSA) is 32.3 Å². The van der Waals surface area contributed by atoms with Gasteiger partial charge in [0.1, 0.15) is 0 Å². The van der Waals surface area contributed by atoms with Gasteiger partial charge in [0.25, 0.3) is 0 Å². The van der Waals surface area contributed by atoms with E-state index in [1.54, 1.807) is 19.0 Å². The van der Waals surface area contributed by atoms with Crippen LogP contribution in [0.4, 0.5) is 5.69 Å². The normalized spacial score (nSPS) is 9.38. The van der Waals surface area contributed by atoms with Crippen LogP contribution in [-0.4, -0.2) is 31.4 Å². The second kappa shape index (κ2) is 4.50. The molecule has 0 aliphatic heterocycles. The number of amides is 1. The van der Waals surface area contributed by atoms with Crippen molar-refractivity contribution in [3.05, 3.63) is 30.3 Å². The Bertz CT molecular complexity index is 270. The molecule has 1 aromatic carbocycles. The van der Waals surface area contributed by atoms with Crippen molar-refractivity contribution >= 4 is 11.6 Å². The number of anilines is 1. The van der Waals surface area contributed by atoms with Crippen LogP contribution in [0.3, 0.4) is 0 Å². The van der Waals surface area contributed by atoms with Crippen molar-refractivity contribution in [3.8, 4) is 0 Å². The molecule has 0 heterocycles. The summed E-state index contributed by atoms with van der Waals surface area (Å²) in [5.41, 5.74) is 0.970. The lowest BCUT2D eigenvalue weighted by atomic mass is 10.3. The third-order valence-corrected chi connectivity index (χ3v) is 1.72. The third kappa shape index (κ3) is 3.15. The minimum absolute atomic E-state index is 0.0730. The minimum atomic E-state index is 0.0730. The largest absolute Gasteiger partial charge is 0.376 e. The maximum Gasteiger partial charge on any atom is 0.241 e. The second-order valence-electron chi connectivity index (χ2n) is 3.01. The van der Waals surface area contributed by atoms with E-state index in [9.17, 15) is 4.79 Å². The Labute approximate surface area is 78.4 Å². The molecule has 13 heavy (non-hydrogen) atoms. The number of nitrogens with one attached hydrogen (secondary N) is 1. The monoisotopic (exact) mass is 178 g/mol. The van der Waals surface area contributed by atoms with E-state index in [2.05, 4.69) is 5.32 Å². The number of rotatable bonds is 3. The van der Waals surface area contributed by atoms with Crippen LogP contribution in [0, 0.1) is 0 Å². The Morgan fingerprint density at radius 3 is 2.46 bits per heavy atom. The van der Waals surface area contributed by atoms with Gasteiger partial charge in [-0.25, -0.2) is 0 Å².